The second kappa shape index (κ2) is 6.16. The van der Waals surface area contributed by atoms with Crippen molar-refractivity contribution < 1.29 is 4.79 Å². The first kappa shape index (κ1) is 15.0. The molecule has 0 aliphatic heterocycles. The third-order valence-electron chi connectivity index (χ3n) is 3.70. The van der Waals surface area contributed by atoms with E-state index in [0.29, 0.717) is 5.82 Å². The van der Waals surface area contributed by atoms with Gasteiger partial charge in [-0.3, -0.25) is 9.48 Å². The maximum atomic E-state index is 12.0. The van der Waals surface area contributed by atoms with Crippen LogP contribution < -0.4 is 5.32 Å². The molecule has 0 aliphatic rings. The van der Waals surface area contributed by atoms with Gasteiger partial charge in [-0.2, -0.15) is 15.0 Å². The van der Waals surface area contributed by atoms with Crippen molar-refractivity contribution in [1.82, 2.24) is 29.8 Å². The Balaban J connectivity index is 1.50. The van der Waals surface area contributed by atoms with Gasteiger partial charge in [-0.1, -0.05) is 24.3 Å². The molecule has 8 nitrogen and oxygen atoms in total. The topological polar surface area (TPSA) is 90.5 Å². The Morgan fingerprint density at radius 2 is 2.00 bits per heavy atom. The largest absolute Gasteiger partial charge is 0.306 e. The lowest BCUT2D eigenvalue weighted by Gasteiger charge is -2.02. The smallest absolute Gasteiger partial charge is 0.247 e. The molecule has 0 atom stereocenters. The molecule has 124 valence electrons. The Kier molecular flexibility index (Phi) is 3.70. The number of benzene rings is 1. The number of nitrogens with one attached hydrogen (secondary N) is 1. The van der Waals surface area contributed by atoms with Crippen molar-refractivity contribution in [1.29, 1.82) is 0 Å². The lowest BCUT2D eigenvalue weighted by Crippen LogP contribution is -2.19. The highest BCUT2D eigenvalue weighted by Crippen LogP contribution is 2.20. The molecule has 0 saturated heterocycles. The summed E-state index contributed by atoms with van der Waals surface area (Å²) >= 11 is 0. The number of pyridine rings is 1. The number of hydrogen-bond donors (Lipinski definition) is 1. The first-order chi connectivity index (χ1) is 12.2. The lowest BCUT2D eigenvalue weighted by atomic mass is 10.1. The Bertz CT molecular complexity index is 1050. The van der Waals surface area contributed by atoms with Crippen molar-refractivity contribution in [3.8, 4) is 11.3 Å². The van der Waals surface area contributed by atoms with Gasteiger partial charge in [-0.15, -0.1) is 5.10 Å². The standard InChI is InChI=1S/C17H15N7O/c1-23-18-9-16(22-23)21-17(25)11-24-10-13(8-19-24)15-7-6-12-4-2-3-5-14(12)20-15/h2-10H,11H2,1H3,(H,21,22,25). The van der Waals surface area contributed by atoms with Gasteiger partial charge in [0.15, 0.2) is 5.82 Å². The van der Waals surface area contributed by atoms with Crippen molar-refractivity contribution >= 4 is 22.6 Å². The molecule has 1 amide bonds. The third-order valence-corrected chi connectivity index (χ3v) is 3.70. The van der Waals surface area contributed by atoms with E-state index >= 15 is 0 Å². The Morgan fingerprint density at radius 3 is 2.84 bits per heavy atom. The fourth-order valence-corrected chi connectivity index (χ4v) is 2.54. The summed E-state index contributed by atoms with van der Waals surface area (Å²) in [7, 11) is 1.69. The second-order valence-corrected chi connectivity index (χ2v) is 5.58. The molecule has 0 unspecified atom stereocenters. The summed E-state index contributed by atoms with van der Waals surface area (Å²) in [5.41, 5.74) is 2.60. The summed E-state index contributed by atoms with van der Waals surface area (Å²) < 4.78 is 1.57. The highest BCUT2D eigenvalue weighted by Gasteiger charge is 2.09. The maximum Gasteiger partial charge on any atom is 0.247 e. The number of hydrogen-bond acceptors (Lipinski definition) is 5. The molecule has 0 saturated carbocycles. The van der Waals surface area contributed by atoms with Crippen molar-refractivity contribution in [3.05, 3.63) is 55.0 Å². The first-order valence-corrected chi connectivity index (χ1v) is 7.72. The number of amides is 1. The van der Waals surface area contributed by atoms with Crippen LogP contribution in [0.4, 0.5) is 5.82 Å². The molecule has 0 radical (unpaired) electrons. The summed E-state index contributed by atoms with van der Waals surface area (Å²) in [6.07, 6.45) is 4.99. The molecule has 0 aliphatic carbocycles. The van der Waals surface area contributed by atoms with Crippen LogP contribution in [0.5, 0.6) is 0 Å². The van der Waals surface area contributed by atoms with Crippen molar-refractivity contribution in [3.63, 3.8) is 0 Å². The van der Waals surface area contributed by atoms with E-state index in [1.165, 1.54) is 11.0 Å². The highest BCUT2D eigenvalue weighted by molar-refractivity contribution is 5.89. The van der Waals surface area contributed by atoms with E-state index in [2.05, 4.69) is 25.6 Å². The van der Waals surface area contributed by atoms with Crippen molar-refractivity contribution in [2.24, 2.45) is 7.05 Å². The van der Waals surface area contributed by atoms with E-state index in [1.807, 2.05) is 36.4 Å². The van der Waals surface area contributed by atoms with Crippen LogP contribution in [0.1, 0.15) is 0 Å². The molecule has 1 N–H and O–H groups in total. The number of rotatable bonds is 4. The summed E-state index contributed by atoms with van der Waals surface area (Å²) in [4.78, 5) is 18.1. The van der Waals surface area contributed by atoms with E-state index in [0.717, 1.165) is 22.2 Å². The zero-order valence-electron chi connectivity index (χ0n) is 13.5. The molecule has 8 heteroatoms. The van der Waals surface area contributed by atoms with Gasteiger partial charge >= 0.3 is 0 Å². The number of carbonyl (C=O) groups excluding carboxylic acids is 1. The molecule has 0 fully saturated rings. The molecule has 4 aromatic rings. The fraction of sp³-hybridized carbons (Fsp3) is 0.118. The Hall–Kier alpha value is -3.55. The van der Waals surface area contributed by atoms with Gasteiger partial charge < -0.3 is 5.32 Å². The van der Waals surface area contributed by atoms with Crippen LogP contribution in [0.2, 0.25) is 0 Å². The van der Waals surface area contributed by atoms with Crippen LogP contribution in [0.25, 0.3) is 22.2 Å². The van der Waals surface area contributed by atoms with E-state index in [1.54, 1.807) is 24.1 Å². The predicted molar refractivity (Wildman–Crippen MR) is 92.6 cm³/mol. The van der Waals surface area contributed by atoms with Crippen molar-refractivity contribution in [2.75, 3.05) is 5.32 Å². The Labute approximate surface area is 143 Å². The molecule has 3 heterocycles. The van der Waals surface area contributed by atoms with E-state index < -0.39 is 0 Å². The van der Waals surface area contributed by atoms with Gasteiger partial charge in [-0.25, -0.2) is 4.98 Å². The van der Waals surface area contributed by atoms with Crippen LogP contribution in [0.3, 0.4) is 0 Å². The second-order valence-electron chi connectivity index (χ2n) is 5.58. The fourth-order valence-electron chi connectivity index (χ4n) is 2.54. The molecule has 25 heavy (non-hydrogen) atoms. The quantitative estimate of drug-likeness (QED) is 0.616. The van der Waals surface area contributed by atoms with Crippen LogP contribution >= 0.6 is 0 Å². The van der Waals surface area contributed by atoms with Crippen LogP contribution in [0.15, 0.2) is 55.0 Å². The minimum atomic E-state index is -0.221. The van der Waals surface area contributed by atoms with Gasteiger partial charge in [0.05, 0.1) is 23.6 Å². The van der Waals surface area contributed by atoms with Gasteiger partial charge in [0.25, 0.3) is 0 Å². The molecular weight excluding hydrogens is 318 g/mol. The van der Waals surface area contributed by atoms with Crippen LogP contribution in [-0.2, 0) is 18.4 Å². The number of para-hydroxylation sites is 1. The van der Waals surface area contributed by atoms with Crippen LogP contribution in [0, 0.1) is 0 Å². The zero-order chi connectivity index (χ0) is 17.2. The number of aromatic nitrogens is 6. The molecule has 0 bridgehead atoms. The van der Waals surface area contributed by atoms with Gasteiger partial charge in [0, 0.05) is 24.2 Å². The summed E-state index contributed by atoms with van der Waals surface area (Å²) in [5.74, 6) is 0.192. The van der Waals surface area contributed by atoms with E-state index in [-0.39, 0.29) is 12.5 Å². The van der Waals surface area contributed by atoms with E-state index in [4.69, 9.17) is 0 Å². The lowest BCUT2D eigenvalue weighted by molar-refractivity contribution is -0.116. The number of fused-ring (bicyclic) bond motifs is 1. The zero-order valence-corrected chi connectivity index (χ0v) is 13.5. The van der Waals surface area contributed by atoms with Gasteiger partial charge in [0.2, 0.25) is 5.91 Å². The molecule has 0 spiro atoms. The number of aryl methyl sites for hydroxylation is 1. The minimum absolute atomic E-state index is 0.0875. The van der Waals surface area contributed by atoms with Gasteiger partial charge in [0.1, 0.15) is 6.54 Å². The SMILES string of the molecule is Cn1ncc(NC(=O)Cn2cc(-c3ccc4ccccc4n3)cn2)n1. The summed E-state index contributed by atoms with van der Waals surface area (Å²) in [5, 5.41) is 15.9. The normalized spacial score (nSPS) is 10.9. The average molecular weight is 333 g/mol. The molecular formula is C17H15N7O. The predicted octanol–water partition coefficient (Wildman–Crippen LogP) is 1.87. The Morgan fingerprint density at radius 1 is 1.12 bits per heavy atom. The first-order valence-electron chi connectivity index (χ1n) is 7.72. The molecule has 1 aromatic carbocycles. The molecule has 3 aromatic heterocycles. The monoisotopic (exact) mass is 333 g/mol. The minimum Gasteiger partial charge on any atom is -0.306 e. The number of carbonyl (C=O) groups is 1. The summed E-state index contributed by atoms with van der Waals surface area (Å²) in [6, 6.07) is 11.9. The van der Waals surface area contributed by atoms with Crippen LogP contribution in [-0.4, -0.2) is 35.7 Å². The van der Waals surface area contributed by atoms with E-state index in [9.17, 15) is 4.79 Å². The van der Waals surface area contributed by atoms with Crippen molar-refractivity contribution in [2.45, 2.75) is 6.54 Å². The number of nitrogens with zero attached hydrogens (tertiary/aromatic N) is 6. The third kappa shape index (κ3) is 3.23. The maximum absolute atomic E-state index is 12.0. The van der Waals surface area contributed by atoms with Gasteiger partial charge in [-0.05, 0) is 12.1 Å². The summed E-state index contributed by atoms with van der Waals surface area (Å²) in [6.45, 7) is 0.0875. The molecule has 4 rings (SSSR count). The number of anilines is 1. The highest BCUT2D eigenvalue weighted by atomic mass is 16.2. The average Bonchev–Trinajstić information content (AvgIpc) is 3.23.